The molecule has 0 aromatic heterocycles. The van der Waals surface area contributed by atoms with Gasteiger partial charge in [0.1, 0.15) is 11.7 Å². The van der Waals surface area contributed by atoms with Crippen LogP contribution in [0.3, 0.4) is 0 Å². The summed E-state index contributed by atoms with van der Waals surface area (Å²) >= 11 is 0. The molecule has 0 aromatic carbocycles. The number of esters is 1. The quantitative estimate of drug-likeness (QED) is 0.127. The van der Waals surface area contributed by atoms with E-state index in [1.807, 2.05) is 33.8 Å². The fraction of sp³-hybridized carbons (Fsp3) is 0.733. The third-order valence-electron chi connectivity index (χ3n) is 7.83. The Kier molecular flexibility index (Phi) is 11.9. The number of hydrogen-bond acceptors (Lipinski definition) is 8. The van der Waals surface area contributed by atoms with Gasteiger partial charge in [-0.15, -0.1) is 0 Å². The molecule has 0 spiro atoms. The molecule has 0 aromatic rings. The minimum Gasteiger partial charge on any atom is -0.455 e. The highest BCUT2D eigenvalue weighted by Gasteiger charge is 2.47. The van der Waals surface area contributed by atoms with E-state index in [4.69, 9.17) is 9.47 Å². The lowest BCUT2D eigenvalue weighted by molar-refractivity contribution is -0.156. The van der Waals surface area contributed by atoms with Crippen molar-refractivity contribution in [1.29, 1.82) is 0 Å². The Bertz CT molecular complexity index is 924. The number of carbonyl (C=O) groups excluding carboxylic acids is 2. The van der Waals surface area contributed by atoms with Gasteiger partial charge in [-0.1, -0.05) is 50.6 Å². The SMILES string of the molecule is CC[C@H](O)[C@@H](C)[C@H]1O[C@@H]1C[C@@](C)(O)/C=C/C=C(\C)[C@H]1NC(=O)C[C@H](O)CC[C@@](C)(O)[C@@H](OC(C)=O)/C=C/[C@@H]1C. The summed E-state index contributed by atoms with van der Waals surface area (Å²) in [6.45, 7) is 12.2. The number of nitrogens with one attached hydrogen (secondary N) is 1. The molecule has 2 aliphatic rings. The van der Waals surface area contributed by atoms with Gasteiger partial charge in [0.2, 0.25) is 5.91 Å². The molecular formula is C30H49NO8. The predicted octanol–water partition coefficient (Wildman–Crippen LogP) is 2.71. The molecule has 0 bridgehead atoms. The lowest BCUT2D eigenvalue weighted by Gasteiger charge is -2.32. The largest absolute Gasteiger partial charge is 0.455 e. The number of ether oxygens (including phenoxy) is 2. The molecule has 1 saturated heterocycles. The maximum absolute atomic E-state index is 12.7. The van der Waals surface area contributed by atoms with Gasteiger partial charge < -0.3 is 35.2 Å². The van der Waals surface area contributed by atoms with Gasteiger partial charge in [0, 0.05) is 19.3 Å². The van der Waals surface area contributed by atoms with Crippen molar-refractivity contribution in [2.24, 2.45) is 11.8 Å². The Hall–Kier alpha value is -2.04. The molecule has 2 heterocycles. The molecule has 2 aliphatic heterocycles. The smallest absolute Gasteiger partial charge is 0.303 e. The van der Waals surface area contributed by atoms with Crippen LogP contribution in [0.5, 0.6) is 0 Å². The Morgan fingerprint density at radius 2 is 2.03 bits per heavy atom. The lowest BCUT2D eigenvalue weighted by atomic mass is 9.87. The van der Waals surface area contributed by atoms with Crippen LogP contribution in [0.25, 0.3) is 0 Å². The first-order valence-corrected chi connectivity index (χ1v) is 14.0. The number of hydrogen-bond donors (Lipinski definition) is 5. The Labute approximate surface area is 233 Å². The molecular weight excluding hydrogens is 502 g/mol. The van der Waals surface area contributed by atoms with Crippen molar-refractivity contribution in [3.8, 4) is 0 Å². The molecule has 0 aliphatic carbocycles. The highest BCUT2D eigenvalue weighted by molar-refractivity contribution is 5.77. The summed E-state index contributed by atoms with van der Waals surface area (Å²) in [5, 5.41) is 45.3. The number of aliphatic hydroxyl groups excluding tert-OH is 2. The van der Waals surface area contributed by atoms with Crippen molar-refractivity contribution >= 4 is 11.9 Å². The Morgan fingerprint density at radius 3 is 2.64 bits per heavy atom. The summed E-state index contributed by atoms with van der Waals surface area (Å²) in [5.74, 6) is -1.07. The van der Waals surface area contributed by atoms with Gasteiger partial charge in [-0.05, 0) is 52.0 Å². The standard InChI is InChI=1S/C30H49NO8/c1-8-23(34)20(4)28-24(39-28)17-29(6,36)14-9-10-18(2)27-19(3)11-12-25(38-21(5)32)30(7,37)15-13-22(33)16-26(35)31-27/h9-12,14,19-20,22-25,27-28,33-34,36-37H,8,13,15-17H2,1-7H3,(H,31,35)/b12-11+,14-9+,18-10+/t19-,20+,22+,23-,24+,25-,27+,28+,29-,30+/m0/s1. The van der Waals surface area contributed by atoms with Crippen LogP contribution in [0.4, 0.5) is 0 Å². The van der Waals surface area contributed by atoms with E-state index in [2.05, 4.69) is 5.32 Å². The number of epoxide rings is 1. The molecule has 1 fully saturated rings. The van der Waals surface area contributed by atoms with E-state index in [9.17, 15) is 30.0 Å². The first-order chi connectivity index (χ1) is 18.1. The second-order valence-corrected chi connectivity index (χ2v) is 11.9. The van der Waals surface area contributed by atoms with Gasteiger partial charge in [0.25, 0.3) is 0 Å². The van der Waals surface area contributed by atoms with Crippen LogP contribution in [0.1, 0.15) is 80.6 Å². The zero-order chi connectivity index (χ0) is 29.5. The van der Waals surface area contributed by atoms with E-state index in [1.54, 1.807) is 38.2 Å². The van der Waals surface area contributed by atoms with Gasteiger partial charge in [0.15, 0.2) is 0 Å². The van der Waals surface area contributed by atoms with Gasteiger partial charge in [0.05, 0.1) is 42.5 Å². The molecule has 5 N–H and O–H groups in total. The molecule has 0 radical (unpaired) electrons. The first-order valence-electron chi connectivity index (χ1n) is 14.0. The minimum atomic E-state index is -1.41. The highest BCUT2D eigenvalue weighted by atomic mass is 16.6. The third kappa shape index (κ3) is 10.5. The van der Waals surface area contributed by atoms with Gasteiger partial charge in [-0.3, -0.25) is 9.59 Å². The zero-order valence-electron chi connectivity index (χ0n) is 24.5. The van der Waals surface area contributed by atoms with Crippen LogP contribution in [0.15, 0.2) is 36.0 Å². The van der Waals surface area contributed by atoms with Crippen molar-refractivity contribution in [3.05, 3.63) is 36.0 Å². The summed E-state index contributed by atoms with van der Waals surface area (Å²) in [4.78, 5) is 24.4. The van der Waals surface area contributed by atoms with E-state index in [0.717, 1.165) is 5.57 Å². The van der Waals surface area contributed by atoms with Crippen LogP contribution >= 0.6 is 0 Å². The topological polar surface area (TPSA) is 149 Å². The number of amides is 1. The maximum atomic E-state index is 12.7. The summed E-state index contributed by atoms with van der Waals surface area (Å²) in [5.41, 5.74) is -1.72. The Morgan fingerprint density at radius 1 is 1.36 bits per heavy atom. The average molecular weight is 552 g/mol. The van der Waals surface area contributed by atoms with E-state index in [-0.39, 0.29) is 49.2 Å². The van der Waals surface area contributed by atoms with Crippen LogP contribution in [0, 0.1) is 11.8 Å². The molecule has 39 heavy (non-hydrogen) atoms. The van der Waals surface area contributed by atoms with E-state index in [1.165, 1.54) is 6.92 Å². The molecule has 1 amide bonds. The van der Waals surface area contributed by atoms with Gasteiger partial charge >= 0.3 is 5.97 Å². The van der Waals surface area contributed by atoms with Crippen molar-refractivity contribution in [2.75, 3.05) is 0 Å². The predicted molar refractivity (Wildman–Crippen MR) is 149 cm³/mol. The van der Waals surface area contributed by atoms with Crippen molar-refractivity contribution < 1.29 is 39.5 Å². The van der Waals surface area contributed by atoms with E-state index in [0.29, 0.717) is 12.8 Å². The highest BCUT2D eigenvalue weighted by Crippen LogP contribution is 2.37. The number of carbonyl (C=O) groups is 2. The van der Waals surface area contributed by atoms with E-state index < -0.39 is 41.5 Å². The number of rotatable bonds is 9. The summed E-state index contributed by atoms with van der Waals surface area (Å²) in [6.07, 6.45) is 7.47. The molecule has 9 heteroatoms. The average Bonchev–Trinajstić information content (AvgIpc) is 3.59. The summed E-state index contributed by atoms with van der Waals surface area (Å²) in [6, 6.07) is -0.439. The second kappa shape index (κ2) is 14.0. The molecule has 2 rings (SSSR count). The summed E-state index contributed by atoms with van der Waals surface area (Å²) in [7, 11) is 0. The van der Waals surface area contributed by atoms with Crippen LogP contribution in [0.2, 0.25) is 0 Å². The fourth-order valence-corrected chi connectivity index (χ4v) is 5.11. The normalized spacial score (nSPS) is 36.6. The second-order valence-electron chi connectivity index (χ2n) is 11.9. The fourth-order valence-electron chi connectivity index (χ4n) is 5.11. The molecule has 222 valence electrons. The van der Waals surface area contributed by atoms with Gasteiger partial charge in [-0.2, -0.15) is 0 Å². The lowest BCUT2D eigenvalue weighted by Crippen LogP contribution is -2.44. The first kappa shape index (κ1) is 33.2. The summed E-state index contributed by atoms with van der Waals surface area (Å²) < 4.78 is 11.1. The number of allylic oxidation sites excluding steroid dienone is 2. The zero-order valence-corrected chi connectivity index (χ0v) is 24.5. The van der Waals surface area contributed by atoms with Crippen LogP contribution in [-0.4, -0.2) is 80.1 Å². The molecule has 0 saturated carbocycles. The van der Waals surface area contributed by atoms with Crippen molar-refractivity contribution in [1.82, 2.24) is 5.32 Å². The van der Waals surface area contributed by atoms with Crippen molar-refractivity contribution in [3.63, 3.8) is 0 Å². The molecule has 9 nitrogen and oxygen atoms in total. The number of aliphatic hydroxyl groups is 4. The van der Waals surface area contributed by atoms with Crippen LogP contribution in [-0.2, 0) is 19.1 Å². The van der Waals surface area contributed by atoms with E-state index >= 15 is 0 Å². The van der Waals surface area contributed by atoms with Crippen molar-refractivity contribution in [2.45, 2.75) is 128 Å². The van der Waals surface area contributed by atoms with Crippen LogP contribution < -0.4 is 5.32 Å². The maximum Gasteiger partial charge on any atom is 0.303 e. The minimum absolute atomic E-state index is 0.00355. The molecule has 0 unspecified atom stereocenters. The Balaban J connectivity index is 2.18. The monoisotopic (exact) mass is 551 g/mol. The molecule has 10 atom stereocenters. The van der Waals surface area contributed by atoms with Gasteiger partial charge in [-0.25, -0.2) is 0 Å². The third-order valence-corrected chi connectivity index (χ3v) is 7.83.